The Morgan fingerprint density at radius 1 is 1.36 bits per heavy atom. The average molecular weight is 191 g/mol. The SMILES string of the molecule is CCC(C)=O.CN=Cc1ccccc1. The van der Waals surface area contributed by atoms with Crippen LogP contribution in [0.1, 0.15) is 25.8 Å². The summed E-state index contributed by atoms with van der Waals surface area (Å²) in [4.78, 5) is 13.7. The maximum Gasteiger partial charge on any atom is 0.129 e. The van der Waals surface area contributed by atoms with Gasteiger partial charge in [-0.3, -0.25) is 4.99 Å². The summed E-state index contributed by atoms with van der Waals surface area (Å²) in [5.41, 5.74) is 1.15. The van der Waals surface area contributed by atoms with Crippen molar-refractivity contribution in [1.29, 1.82) is 0 Å². The molecule has 1 aromatic carbocycles. The van der Waals surface area contributed by atoms with Crippen molar-refractivity contribution in [2.45, 2.75) is 20.3 Å². The lowest BCUT2D eigenvalue weighted by atomic mass is 10.2. The van der Waals surface area contributed by atoms with Crippen LogP contribution in [0.25, 0.3) is 0 Å². The second-order valence-corrected chi connectivity index (χ2v) is 2.85. The van der Waals surface area contributed by atoms with Gasteiger partial charge in [0.1, 0.15) is 5.78 Å². The van der Waals surface area contributed by atoms with Crippen molar-refractivity contribution < 1.29 is 4.79 Å². The fourth-order valence-electron chi connectivity index (χ4n) is 0.688. The van der Waals surface area contributed by atoms with Crippen LogP contribution in [0.2, 0.25) is 0 Å². The molecule has 0 aliphatic rings. The topological polar surface area (TPSA) is 29.4 Å². The maximum atomic E-state index is 9.81. The molecule has 14 heavy (non-hydrogen) atoms. The molecule has 0 bridgehead atoms. The van der Waals surface area contributed by atoms with Crippen LogP contribution in [-0.2, 0) is 4.79 Å². The number of hydrogen-bond acceptors (Lipinski definition) is 2. The van der Waals surface area contributed by atoms with Crippen molar-refractivity contribution in [3.05, 3.63) is 35.9 Å². The minimum Gasteiger partial charge on any atom is -0.300 e. The van der Waals surface area contributed by atoms with E-state index in [-0.39, 0.29) is 5.78 Å². The highest BCUT2D eigenvalue weighted by Crippen LogP contribution is 1.92. The Morgan fingerprint density at radius 2 is 1.86 bits per heavy atom. The summed E-state index contributed by atoms with van der Waals surface area (Å²) in [7, 11) is 1.77. The van der Waals surface area contributed by atoms with Gasteiger partial charge in [-0.2, -0.15) is 0 Å². The fraction of sp³-hybridized carbons (Fsp3) is 0.333. The van der Waals surface area contributed by atoms with E-state index >= 15 is 0 Å². The molecule has 0 atom stereocenters. The van der Waals surface area contributed by atoms with E-state index < -0.39 is 0 Å². The summed E-state index contributed by atoms with van der Waals surface area (Å²) >= 11 is 0. The molecular formula is C12H17NO. The molecule has 0 unspecified atom stereocenters. The monoisotopic (exact) mass is 191 g/mol. The van der Waals surface area contributed by atoms with Gasteiger partial charge in [-0.25, -0.2) is 0 Å². The molecule has 0 saturated heterocycles. The number of Topliss-reactive ketones (excluding diaryl/α,β-unsaturated/α-hetero) is 1. The van der Waals surface area contributed by atoms with E-state index in [1.807, 2.05) is 43.5 Å². The molecule has 1 rings (SSSR count). The smallest absolute Gasteiger partial charge is 0.129 e. The molecule has 0 aliphatic carbocycles. The largest absolute Gasteiger partial charge is 0.300 e. The third-order valence-corrected chi connectivity index (χ3v) is 1.58. The molecule has 76 valence electrons. The van der Waals surface area contributed by atoms with Crippen molar-refractivity contribution in [2.24, 2.45) is 4.99 Å². The lowest BCUT2D eigenvalue weighted by Crippen LogP contribution is -1.80. The lowest BCUT2D eigenvalue weighted by molar-refractivity contribution is -0.116. The zero-order chi connectivity index (χ0) is 10.8. The zero-order valence-corrected chi connectivity index (χ0v) is 9.03. The summed E-state index contributed by atoms with van der Waals surface area (Å²) < 4.78 is 0. The van der Waals surface area contributed by atoms with E-state index in [0.717, 1.165) is 5.56 Å². The Labute approximate surface area is 85.7 Å². The number of benzene rings is 1. The van der Waals surface area contributed by atoms with E-state index in [4.69, 9.17) is 0 Å². The van der Waals surface area contributed by atoms with Crippen LogP contribution in [0.15, 0.2) is 35.3 Å². The van der Waals surface area contributed by atoms with Gasteiger partial charge in [-0.1, -0.05) is 37.3 Å². The fourth-order valence-corrected chi connectivity index (χ4v) is 0.688. The van der Waals surface area contributed by atoms with E-state index in [0.29, 0.717) is 6.42 Å². The van der Waals surface area contributed by atoms with Crippen molar-refractivity contribution in [2.75, 3.05) is 7.05 Å². The highest BCUT2D eigenvalue weighted by molar-refractivity contribution is 5.79. The van der Waals surface area contributed by atoms with E-state index in [1.165, 1.54) is 0 Å². The Kier molecular flexibility index (Phi) is 7.33. The second kappa shape index (κ2) is 8.17. The first-order chi connectivity index (χ1) is 6.70. The molecule has 0 N–H and O–H groups in total. The third kappa shape index (κ3) is 7.22. The van der Waals surface area contributed by atoms with E-state index in [1.54, 1.807) is 14.0 Å². The molecule has 1 aromatic rings. The predicted octanol–water partition coefficient (Wildman–Crippen LogP) is 2.72. The Bertz CT molecular complexity index is 278. The van der Waals surface area contributed by atoms with Gasteiger partial charge in [0.2, 0.25) is 0 Å². The minimum absolute atomic E-state index is 0.255. The number of aliphatic imine (C=N–C) groups is 1. The van der Waals surface area contributed by atoms with Crippen LogP contribution in [0.3, 0.4) is 0 Å². The lowest BCUT2D eigenvalue weighted by Gasteiger charge is -1.86. The molecule has 0 amide bonds. The quantitative estimate of drug-likeness (QED) is 0.661. The van der Waals surface area contributed by atoms with Crippen molar-refractivity contribution >= 4 is 12.0 Å². The molecule has 0 fully saturated rings. The Morgan fingerprint density at radius 3 is 2.21 bits per heavy atom. The van der Waals surface area contributed by atoms with Gasteiger partial charge in [0.15, 0.2) is 0 Å². The van der Waals surface area contributed by atoms with Gasteiger partial charge in [0, 0.05) is 19.7 Å². The normalized spacial score (nSPS) is 9.36. The van der Waals surface area contributed by atoms with E-state index in [9.17, 15) is 4.79 Å². The second-order valence-electron chi connectivity index (χ2n) is 2.85. The van der Waals surface area contributed by atoms with Crippen molar-refractivity contribution in [3.63, 3.8) is 0 Å². The third-order valence-electron chi connectivity index (χ3n) is 1.58. The summed E-state index contributed by atoms with van der Waals surface area (Å²) in [6.45, 7) is 3.43. The van der Waals surface area contributed by atoms with Gasteiger partial charge < -0.3 is 4.79 Å². The minimum atomic E-state index is 0.255. The summed E-state index contributed by atoms with van der Waals surface area (Å²) in [6, 6.07) is 10.0. The highest BCUT2D eigenvalue weighted by Gasteiger charge is 1.78. The summed E-state index contributed by atoms with van der Waals surface area (Å²) in [5, 5.41) is 0. The molecule has 0 radical (unpaired) electrons. The van der Waals surface area contributed by atoms with Crippen LogP contribution in [0.5, 0.6) is 0 Å². The molecule has 0 spiro atoms. The molecule has 0 saturated carbocycles. The van der Waals surface area contributed by atoms with Gasteiger partial charge in [-0.15, -0.1) is 0 Å². The first-order valence-electron chi connectivity index (χ1n) is 4.67. The van der Waals surface area contributed by atoms with Gasteiger partial charge >= 0.3 is 0 Å². The van der Waals surface area contributed by atoms with Crippen LogP contribution in [-0.4, -0.2) is 19.0 Å². The number of carbonyl (C=O) groups is 1. The van der Waals surface area contributed by atoms with Crippen LogP contribution >= 0.6 is 0 Å². The van der Waals surface area contributed by atoms with Gasteiger partial charge in [0.25, 0.3) is 0 Å². The van der Waals surface area contributed by atoms with Crippen LogP contribution < -0.4 is 0 Å². The van der Waals surface area contributed by atoms with Crippen molar-refractivity contribution in [3.8, 4) is 0 Å². The molecule has 0 aromatic heterocycles. The average Bonchev–Trinajstić information content (AvgIpc) is 2.21. The van der Waals surface area contributed by atoms with Gasteiger partial charge in [-0.05, 0) is 12.5 Å². The Balaban J connectivity index is 0.000000292. The molecule has 2 heteroatoms. The van der Waals surface area contributed by atoms with Crippen LogP contribution in [0.4, 0.5) is 0 Å². The zero-order valence-electron chi connectivity index (χ0n) is 9.03. The maximum absolute atomic E-state index is 9.81. The first-order valence-corrected chi connectivity index (χ1v) is 4.67. The molecule has 0 heterocycles. The first kappa shape index (κ1) is 12.6. The van der Waals surface area contributed by atoms with Crippen molar-refractivity contribution in [1.82, 2.24) is 0 Å². The molecular weight excluding hydrogens is 174 g/mol. The standard InChI is InChI=1S/C8H9N.C4H8O/c1-9-7-8-5-3-2-4-6-8;1-3-4(2)5/h2-7H,1H3;3H2,1-2H3. The summed E-state index contributed by atoms with van der Waals surface area (Å²) in [5.74, 6) is 0.255. The number of hydrogen-bond donors (Lipinski definition) is 0. The summed E-state index contributed by atoms with van der Waals surface area (Å²) in [6.07, 6.45) is 2.50. The number of rotatable bonds is 2. The van der Waals surface area contributed by atoms with Crippen LogP contribution in [0, 0.1) is 0 Å². The number of nitrogens with zero attached hydrogens (tertiary/aromatic N) is 1. The molecule has 0 aliphatic heterocycles. The number of carbonyl (C=O) groups excluding carboxylic acids is 1. The van der Waals surface area contributed by atoms with Gasteiger partial charge in [0.05, 0.1) is 0 Å². The Hall–Kier alpha value is -1.44. The highest BCUT2D eigenvalue weighted by atomic mass is 16.1. The molecule has 2 nitrogen and oxygen atoms in total. The van der Waals surface area contributed by atoms with E-state index in [2.05, 4.69) is 4.99 Å². The predicted molar refractivity (Wildman–Crippen MR) is 60.9 cm³/mol. The number of ketones is 1.